The third kappa shape index (κ3) is 5.43. The van der Waals surface area contributed by atoms with Crippen LogP contribution >= 0.6 is 0 Å². The van der Waals surface area contributed by atoms with Gasteiger partial charge in [0.05, 0.1) is 4.75 Å². The predicted octanol–water partition coefficient (Wildman–Crippen LogP) is 5.73. The van der Waals surface area contributed by atoms with Gasteiger partial charge in [-0.2, -0.15) is 30.7 Å². The van der Waals surface area contributed by atoms with E-state index in [-0.39, 0.29) is 6.21 Å². The van der Waals surface area contributed by atoms with Gasteiger partial charge in [-0.1, -0.05) is 42.5 Å². The number of benzene rings is 1. The van der Waals surface area contributed by atoms with E-state index in [1.807, 2.05) is 0 Å². The molecule has 0 radical (unpaired) electrons. The Labute approximate surface area is 150 Å². The quantitative estimate of drug-likeness (QED) is 0.459. The maximum Gasteiger partial charge on any atom is 0.408 e. The minimum atomic E-state index is -5.65. The second kappa shape index (κ2) is 7.94. The van der Waals surface area contributed by atoms with Crippen molar-refractivity contribution in [1.29, 1.82) is 0 Å². The van der Waals surface area contributed by atoms with E-state index in [0.717, 1.165) is 6.08 Å². The van der Waals surface area contributed by atoms with Gasteiger partial charge < -0.3 is 0 Å². The third-order valence-electron chi connectivity index (χ3n) is 3.45. The van der Waals surface area contributed by atoms with E-state index in [1.54, 1.807) is 30.3 Å². The van der Waals surface area contributed by atoms with Gasteiger partial charge in [0.1, 0.15) is 11.0 Å². The van der Waals surface area contributed by atoms with Gasteiger partial charge in [0.25, 0.3) is 0 Å². The zero-order valence-corrected chi connectivity index (χ0v) is 15.2. The van der Waals surface area contributed by atoms with Gasteiger partial charge in [0.15, 0.2) is 5.41 Å². The monoisotopic (exact) mass is 399 g/mol. The minimum Gasteiger partial charge on any atom is -0.234 e. The van der Waals surface area contributed by atoms with Gasteiger partial charge in [0.2, 0.25) is 0 Å². The van der Waals surface area contributed by atoms with E-state index in [2.05, 4.69) is 4.40 Å². The molecule has 0 N–H and O–H groups in total. The fraction of sp³-hybridized carbons (Fsp3) is 0.471. The van der Waals surface area contributed by atoms with Crippen LogP contribution in [0.25, 0.3) is 6.08 Å². The number of allylic oxidation sites excluding steroid dienone is 1. The molecule has 0 fully saturated rings. The van der Waals surface area contributed by atoms with Crippen LogP contribution in [0.1, 0.15) is 32.8 Å². The highest BCUT2D eigenvalue weighted by Crippen LogP contribution is 2.52. The molecule has 0 heterocycles. The molecule has 0 aliphatic rings. The fourth-order valence-corrected chi connectivity index (χ4v) is 2.42. The summed E-state index contributed by atoms with van der Waals surface area (Å²) in [7, 11) is -2.25. The van der Waals surface area contributed by atoms with E-state index in [4.69, 9.17) is 0 Å². The van der Waals surface area contributed by atoms with Crippen LogP contribution in [0.4, 0.5) is 26.3 Å². The van der Waals surface area contributed by atoms with Crippen molar-refractivity contribution in [2.45, 2.75) is 44.3 Å². The summed E-state index contributed by atoms with van der Waals surface area (Å²) in [6.07, 6.45) is -11.0. The third-order valence-corrected chi connectivity index (χ3v) is 4.80. The van der Waals surface area contributed by atoms with Gasteiger partial charge in [-0.15, -0.1) is 0 Å². The van der Waals surface area contributed by atoms with E-state index < -0.39 is 39.9 Å². The van der Waals surface area contributed by atoms with Crippen LogP contribution in [0, 0.1) is 5.41 Å². The molecule has 1 aromatic rings. The lowest BCUT2D eigenvalue weighted by Crippen LogP contribution is -2.51. The highest BCUT2D eigenvalue weighted by molar-refractivity contribution is 7.85. The normalized spacial score (nSPS) is 15.7. The van der Waals surface area contributed by atoms with E-state index in [0.29, 0.717) is 5.56 Å². The van der Waals surface area contributed by atoms with Crippen LogP contribution in [-0.2, 0) is 11.0 Å². The molecule has 0 aliphatic heterocycles. The Kier molecular flexibility index (Phi) is 6.84. The number of hydrogen-bond donors (Lipinski definition) is 0. The van der Waals surface area contributed by atoms with Crippen molar-refractivity contribution < 1.29 is 30.6 Å². The van der Waals surface area contributed by atoms with Crippen molar-refractivity contribution >= 4 is 23.3 Å². The standard InChI is InChI=1S/C17H19F6NOS/c1-14(2,3)26(25)24-12-15(16(18,19)20,17(21,22)23)11-7-10-13-8-5-4-6-9-13/h4-10,12H,11H2,1-3H3/b10-7+,24-12+. The Bertz CT molecular complexity index is 657. The summed E-state index contributed by atoms with van der Waals surface area (Å²) in [6, 6.07) is 7.97. The molecular weight excluding hydrogens is 380 g/mol. The molecule has 1 rings (SSSR count). The smallest absolute Gasteiger partial charge is 0.234 e. The molecule has 0 aliphatic carbocycles. The summed E-state index contributed by atoms with van der Waals surface area (Å²) < 4.78 is 94.2. The van der Waals surface area contributed by atoms with Crippen molar-refractivity contribution in [3.63, 3.8) is 0 Å². The van der Waals surface area contributed by atoms with Gasteiger partial charge >= 0.3 is 12.4 Å². The first-order valence-corrected chi connectivity index (χ1v) is 8.64. The lowest BCUT2D eigenvalue weighted by atomic mass is 9.83. The van der Waals surface area contributed by atoms with E-state index >= 15 is 0 Å². The SMILES string of the molecule is CC(C)(C)S(=O)/N=C/C(C/C=C/c1ccccc1)(C(F)(F)F)C(F)(F)F. The van der Waals surface area contributed by atoms with Crippen molar-refractivity contribution in [3.05, 3.63) is 42.0 Å². The number of nitrogens with zero attached hydrogens (tertiary/aromatic N) is 1. The first-order chi connectivity index (χ1) is 11.7. The van der Waals surface area contributed by atoms with Crippen molar-refractivity contribution in [3.8, 4) is 0 Å². The van der Waals surface area contributed by atoms with Crippen LogP contribution in [0.2, 0.25) is 0 Å². The molecule has 1 unspecified atom stereocenters. The number of alkyl halides is 6. The van der Waals surface area contributed by atoms with Gasteiger partial charge in [-0.3, -0.25) is 0 Å². The molecule has 26 heavy (non-hydrogen) atoms. The van der Waals surface area contributed by atoms with Gasteiger partial charge in [0, 0.05) is 6.21 Å². The lowest BCUT2D eigenvalue weighted by Gasteiger charge is -2.33. The van der Waals surface area contributed by atoms with E-state index in [9.17, 15) is 30.6 Å². The van der Waals surface area contributed by atoms with Crippen molar-refractivity contribution in [1.82, 2.24) is 0 Å². The van der Waals surface area contributed by atoms with Crippen molar-refractivity contribution in [2.75, 3.05) is 0 Å². The minimum absolute atomic E-state index is 0.260. The fourth-order valence-electron chi connectivity index (χ4n) is 1.83. The summed E-state index contributed by atoms with van der Waals surface area (Å²) >= 11 is 0. The first-order valence-electron chi connectivity index (χ1n) is 7.53. The number of hydrogen-bond acceptors (Lipinski definition) is 1. The molecule has 0 saturated carbocycles. The molecule has 2 nitrogen and oxygen atoms in total. The van der Waals surface area contributed by atoms with Crippen LogP contribution < -0.4 is 0 Å². The largest absolute Gasteiger partial charge is 0.408 e. The first kappa shape index (κ1) is 22.4. The molecule has 1 atom stereocenters. The Balaban J connectivity index is 3.30. The van der Waals surface area contributed by atoms with Crippen molar-refractivity contribution in [2.24, 2.45) is 9.81 Å². The summed E-state index contributed by atoms with van der Waals surface area (Å²) in [5, 5.41) is 0. The molecule has 0 saturated heterocycles. The lowest BCUT2D eigenvalue weighted by molar-refractivity contribution is -0.309. The van der Waals surface area contributed by atoms with Crippen LogP contribution in [0.15, 0.2) is 40.8 Å². The van der Waals surface area contributed by atoms with Crippen LogP contribution in [-0.4, -0.2) is 27.5 Å². The average Bonchev–Trinajstić information content (AvgIpc) is 2.47. The molecule has 0 amide bonds. The molecular formula is C17H19F6NOS. The summed E-state index contributed by atoms with van der Waals surface area (Å²) in [5.74, 6) is 0. The molecule has 1 aromatic carbocycles. The Morgan fingerprint density at radius 3 is 1.88 bits per heavy atom. The van der Waals surface area contributed by atoms with Gasteiger partial charge in [-0.25, -0.2) is 4.21 Å². The molecule has 0 bridgehead atoms. The molecule has 146 valence electrons. The second-order valence-corrected chi connectivity index (χ2v) is 8.51. The Hall–Kier alpha value is -1.64. The second-order valence-electron chi connectivity index (χ2n) is 6.58. The maximum absolute atomic E-state index is 13.4. The number of halogens is 6. The van der Waals surface area contributed by atoms with E-state index in [1.165, 1.54) is 26.8 Å². The average molecular weight is 399 g/mol. The summed E-state index contributed by atoms with van der Waals surface area (Å²) in [5.41, 5.74) is -3.76. The highest BCUT2D eigenvalue weighted by Gasteiger charge is 2.69. The van der Waals surface area contributed by atoms with Crippen LogP contribution in [0.3, 0.4) is 0 Å². The maximum atomic E-state index is 13.4. The van der Waals surface area contributed by atoms with Crippen LogP contribution in [0.5, 0.6) is 0 Å². The number of rotatable bonds is 5. The molecule has 0 spiro atoms. The predicted molar refractivity (Wildman–Crippen MR) is 91.0 cm³/mol. The Morgan fingerprint density at radius 1 is 0.962 bits per heavy atom. The van der Waals surface area contributed by atoms with Gasteiger partial charge in [-0.05, 0) is 32.8 Å². The Morgan fingerprint density at radius 2 is 1.46 bits per heavy atom. The summed E-state index contributed by atoms with van der Waals surface area (Å²) in [6.45, 7) is 4.20. The highest BCUT2D eigenvalue weighted by atomic mass is 32.2. The zero-order valence-electron chi connectivity index (χ0n) is 14.4. The molecule has 0 aromatic heterocycles. The zero-order chi connectivity index (χ0) is 20.2. The molecule has 9 heteroatoms. The topological polar surface area (TPSA) is 29.4 Å². The summed E-state index contributed by atoms with van der Waals surface area (Å²) in [4.78, 5) is 0.